The maximum absolute atomic E-state index is 11.0. The molecule has 7 heteroatoms. The van der Waals surface area contributed by atoms with Gasteiger partial charge in [-0.05, 0) is 18.6 Å². The Hall–Kier alpha value is -3.74. The number of hydrogen-bond acceptors (Lipinski definition) is 7. The van der Waals surface area contributed by atoms with Gasteiger partial charge in [0.2, 0.25) is 0 Å². The Morgan fingerprint density at radius 1 is 0.926 bits per heavy atom. The second-order valence-corrected chi connectivity index (χ2v) is 4.75. The van der Waals surface area contributed by atoms with Crippen LogP contribution in [0, 0.1) is 0 Å². The Bertz CT molecular complexity index is 770. The lowest BCUT2D eigenvalue weighted by Crippen LogP contribution is -2.00. The highest BCUT2D eigenvalue weighted by Gasteiger charge is 2.20. The van der Waals surface area contributed by atoms with E-state index in [0.29, 0.717) is 0 Å². The zero-order valence-corrected chi connectivity index (χ0v) is 14.6. The van der Waals surface area contributed by atoms with Gasteiger partial charge in [0.15, 0.2) is 0 Å². The number of carbonyl (C=O) groups is 4. The van der Waals surface area contributed by atoms with Crippen LogP contribution in [0.2, 0.25) is 0 Å². The molecular formula is C20H18O7. The van der Waals surface area contributed by atoms with Gasteiger partial charge in [-0.25, -0.2) is 19.2 Å². The molecule has 0 aromatic heterocycles. The fourth-order valence-electron chi connectivity index (χ4n) is 1.65. The van der Waals surface area contributed by atoms with Gasteiger partial charge >= 0.3 is 23.9 Å². The van der Waals surface area contributed by atoms with Crippen molar-refractivity contribution in [3.05, 3.63) is 78.6 Å². The summed E-state index contributed by atoms with van der Waals surface area (Å²) in [5.41, 5.74) is 1.24. The van der Waals surface area contributed by atoms with E-state index in [0.717, 1.165) is 24.3 Å². The molecule has 2 aliphatic rings. The van der Waals surface area contributed by atoms with Crippen LogP contribution in [0.4, 0.5) is 0 Å². The Morgan fingerprint density at radius 2 is 1.56 bits per heavy atom. The molecule has 0 fully saturated rings. The summed E-state index contributed by atoms with van der Waals surface area (Å²) < 4.78 is 12.9. The van der Waals surface area contributed by atoms with Crippen molar-refractivity contribution < 1.29 is 33.4 Å². The van der Waals surface area contributed by atoms with E-state index in [2.05, 4.69) is 20.8 Å². The predicted molar refractivity (Wildman–Crippen MR) is 96.7 cm³/mol. The summed E-state index contributed by atoms with van der Waals surface area (Å²) in [6, 6.07) is 9.50. The smallest absolute Gasteiger partial charge is 0.346 e. The topological polar surface area (TPSA) is 96.0 Å². The molecule has 0 spiro atoms. The van der Waals surface area contributed by atoms with Crippen molar-refractivity contribution in [1.82, 2.24) is 0 Å². The third-order valence-corrected chi connectivity index (χ3v) is 2.80. The molecule has 1 aromatic rings. The SMILES string of the molecule is C=COCC.O=C1C=C(C=Cc2ccccc2)C(=O)O1.O=C1C=CC(=O)O1. The molecule has 0 unspecified atom stereocenters. The predicted octanol–water partition coefficient (Wildman–Crippen LogP) is 2.50. The molecule has 27 heavy (non-hydrogen) atoms. The minimum Gasteiger partial charge on any atom is -0.502 e. The molecule has 0 aliphatic carbocycles. The first-order valence-corrected chi connectivity index (χ1v) is 7.83. The second kappa shape index (κ2) is 11.8. The zero-order chi connectivity index (χ0) is 20.1. The lowest BCUT2D eigenvalue weighted by Gasteiger charge is -1.91. The lowest BCUT2D eigenvalue weighted by atomic mass is 10.1. The molecule has 7 nitrogen and oxygen atoms in total. The molecule has 0 radical (unpaired) electrons. The van der Waals surface area contributed by atoms with E-state index in [-0.39, 0.29) is 5.57 Å². The number of esters is 4. The Labute approximate surface area is 156 Å². The lowest BCUT2D eigenvalue weighted by molar-refractivity contribution is -0.152. The van der Waals surface area contributed by atoms with Crippen LogP contribution in [0.25, 0.3) is 6.08 Å². The van der Waals surface area contributed by atoms with Crippen LogP contribution in [0.15, 0.2) is 73.1 Å². The van der Waals surface area contributed by atoms with Crippen LogP contribution in [-0.4, -0.2) is 30.5 Å². The van der Waals surface area contributed by atoms with Crippen molar-refractivity contribution in [2.75, 3.05) is 6.61 Å². The number of rotatable bonds is 4. The van der Waals surface area contributed by atoms with Gasteiger partial charge in [0.1, 0.15) is 0 Å². The van der Waals surface area contributed by atoms with Gasteiger partial charge in [-0.15, -0.1) is 0 Å². The minimum absolute atomic E-state index is 0.281. The molecule has 2 aliphatic heterocycles. The highest BCUT2D eigenvalue weighted by Crippen LogP contribution is 2.11. The number of cyclic esters (lactones) is 4. The third-order valence-electron chi connectivity index (χ3n) is 2.80. The molecule has 2 heterocycles. The minimum atomic E-state index is -0.604. The summed E-state index contributed by atoms with van der Waals surface area (Å²) in [4.78, 5) is 41.6. The normalized spacial score (nSPS) is 14.5. The Morgan fingerprint density at radius 3 is 1.93 bits per heavy atom. The molecular weight excluding hydrogens is 352 g/mol. The van der Waals surface area contributed by atoms with Gasteiger partial charge in [0, 0.05) is 18.2 Å². The number of benzene rings is 1. The first kappa shape index (κ1) is 21.3. The summed E-state index contributed by atoms with van der Waals surface area (Å²) in [5.74, 6) is -2.35. The largest absolute Gasteiger partial charge is 0.502 e. The first-order valence-electron chi connectivity index (χ1n) is 7.83. The Balaban J connectivity index is 0.000000252. The van der Waals surface area contributed by atoms with Gasteiger partial charge in [-0.3, -0.25) is 0 Å². The van der Waals surface area contributed by atoms with Crippen LogP contribution in [0.3, 0.4) is 0 Å². The van der Waals surface area contributed by atoms with Crippen molar-refractivity contribution in [1.29, 1.82) is 0 Å². The van der Waals surface area contributed by atoms with E-state index in [1.165, 1.54) is 12.3 Å². The summed E-state index contributed by atoms with van der Waals surface area (Å²) in [6.07, 6.45) is 8.11. The molecule has 1 aromatic carbocycles. The van der Waals surface area contributed by atoms with E-state index >= 15 is 0 Å². The molecule has 0 N–H and O–H groups in total. The average molecular weight is 370 g/mol. The van der Waals surface area contributed by atoms with Gasteiger partial charge in [-0.1, -0.05) is 43.0 Å². The number of ether oxygens (including phenoxy) is 3. The van der Waals surface area contributed by atoms with E-state index in [9.17, 15) is 19.2 Å². The molecule has 140 valence electrons. The highest BCUT2D eigenvalue weighted by atomic mass is 16.6. The van der Waals surface area contributed by atoms with Crippen LogP contribution in [0.1, 0.15) is 12.5 Å². The van der Waals surface area contributed by atoms with Crippen LogP contribution in [-0.2, 0) is 33.4 Å². The van der Waals surface area contributed by atoms with Crippen molar-refractivity contribution >= 4 is 30.0 Å². The molecule has 0 saturated heterocycles. The van der Waals surface area contributed by atoms with Crippen LogP contribution >= 0.6 is 0 Å². The van der Waals surface area contributed by atoms with Gasteiger partial charge < -0.3 is 14.2 Å². The number of hydrogen-bond donors (Lipinski definition) is 0. The third kappa shape index (κ3) is 8.78. The molecule has 3 rings (SSSR count). The van der Waals surface area contributed by atoms with Gasteiger partial charge in [0.05, 0.1) is 18.4 Å². The molecule has 0 amide bonds. The van der Waals surface area contributed by atoms with Crippen molar-refractivity contribution in [2.45, 2.75) is 6.92 Å². The fourth-order valence-corrected chi connectivity index (χ4v) is 1.65. The van der Waals surface area contributed by atoms with E-state index in [1.54, 1.807) is 12.2 Å². The summed E-state index contributed by atoms with van der Waals surface area (Å²) >= 11 is 0. The van der Waals surface area contributed by atoms with Crippen LogP contribution in [0.5, 0.6) is 0 Å². The fraction of sp³-hybridized carbons (Fsp3) is 0.100. The maximum Gasteiger partial charge on any atom is 0.346 e. The maximum atomic E-state index is 11.0. The van der Waals surface area contributed by atoms with Crippen LogP contribution < -0.4 is 0 Å². The van der Waals surface area contributed by atoms with Crippen molar-refractivity contribution in [3.63, 3.8) is 0 Å². The quantitative estimate of drug-likeness (QED) is 0.456. The van der Waals surface area contributed by atoms with Gasteiger partial charge in [0.25, 0.3) is 0 Å². The summed E-state index contributed by atoms with van der Waals surface area (Å²) in [7, 11) is 0. The summed E-state index contributed by atoms with van der Waals surface area (Å²) in [5, 5.41) is 0. The zero-order valence-electron chi connectivity index (χ0n) is 14.6. The van der Waals surface area contributed by atoms with Crippen molar-refractivity contribution in [2.24, 2.45) is 0 Å². The average Bonchev–Trinajstić information content (AvgIpc) is 3.19. The number of carbonyl (C=O) groups excluding carboxylic acids is 4. The standard InChI is InChI=1S/C12H8O3.C4H2O3.C4H8O/c13-11-8-10(12(14)15-11)7-6-9-4-2-1-3-5-9;5-3-1-2-4(6)7-3;1-3-5-4-2/h1-8H;1-2H;3H,1,4H2,2H3. The molecule has 0 atom stereocenters. The van der Waals surface area contributed by atoms with E-state index in [1.807, 2.05) is 37.3 Å². The second-order valence-electron chi connectivity index (χ2n) is 4.75. The highest BCUT2D eigenvalue weighted by molar-refractivity contribution is 6.11. The monoisotopic (exact) mass is 370 g/mol. The van der Waals surface area contributed by atoms with E-state index < -0.39 is 23.9 Å². The Kier molecular flexibility index (Phi) is 9.27. The first-order chi connectivity index (χ1) is 13.0. The van der Waals surface area contributed by atoms with Gasteiger partial charge in [-0.2, -0.15) is 0 Å². The molecule has 0 saturated carbocycles. The summed E-state index contributed by atoms with van der Waals surface area (Å²) in [6.45, 7) is 5.97. The molecule has 0 bridgehead atoms. The van der Waals surface area contributed by atoms with E-state index in [4.69, 9.17) is 0 Å². The van der Waals surface area contributed by atoms with Crippen molar-refractivity contribution in [3.8, 4) is 0 Å².